The molecule has 1 aliphatic rings. The molecule has 1 amide bonds. The van der Waals surface area contributed by atoms with Crippen LogP contribution in [0.25, 0.3) is 10.8 Å². The Morgan fingerprint density at radius 1 is 1.35 bits per heavy atom. The van der Waals surface area contributed by atoms with Gasteiger partial charge in [-0.1, -0.05) is 0 Å². The minimum Gasteiger partial charge on any atom is -0.373 e. The van der Waals surface area contributed by atoms with Crippen LogP contribution >= 0.6 is 0 Å². The van der Waals surface area contributed by atoms with Gasteiger partial charge >= 0.3 is 0 Å². The Hall–Kier alpha value is -2.68. The summed E-state index contributed by atoms with van der Waals surface area (Å²) in [7, 11) is 1.76. The lowest BCUT2D eigenvalue weighted by Gasteiger charge is -2.08. The SMILES string of the molecule is CNc1ncc(C#N)c2cc(NC(=O)C3CC3)ncc12. The fourth-order valence-corrected chi connectivity index (χ4v) is 2.07. The molecular weight excluding hydrogens is 254 g/mol. The second-order valence-electron chi connectivity index (χ2n) is 4.76. The highest BCUT2D eigenvalue weighted by Gasteiger charge is 2.29. The molecule has 0 bridgehead atoms. The Bertz CT molecular complexity index is 730. The van der Waals surface area contributed by atoms with Crippen molar-refractivity contribution >= 4 is 28.3 Å². The van der Waals surface area contributed by atoms with Crippen molar-refractivity contribution < 1.29 is 4.79 Å². The van der Waals surface area contributed by atoms with Crippen molar-refractivity contribution in [3.63, 3.8) is 0 Å². The first-order chi connectivity index (χ1) is 9.72. The maximum Gasteiger partial charge on any atom is 0.228 e. The summed E-state index contributed by atoms with van der Waals surface area (Å²) >= 11 is 0. The molecule has 0 unspecified atom stereocenters. The molecule has 1 aliphatic carbocycles. The highest BCUT2D eigenvalue weighted by molar-refractivity contribution is 5.99. The number of hydrogen-bond acceptors (Lipinski definition) is 5. The molecule has 6 heteroatoms. The normalized spacial score (nSPS) is 13.8. The Kier molecular flexibility index (Phi) is 2.95. The number of nitrogens with one attached hydrogen (secondary N) is 2. The number of carbonyl (C=O) groups excluding carboxylic acids is 1. The lowest BCUT2D eigenvalue weighted by molar-refractivity contribution is -0.117. The van der Waals surface area contributed by atoms with E-state index in [4.69, 9.17) is 5.26 Å². The van der Waals surface area contributed by atoms with Crippen LogP contribution in [-0.4, -0.2) is 22.9 Å². The van der Waals surface area contributed by atoms with Gasteiger partial charge in [0.05, 0.1) is 5.56 Å². The van der Waals surface area contributed by atoms with E-state index in [1.54, 1.807) is 19.3 Å². The fraction of sp³-hybridized carbons (Fsp3) is 0.286. The molecule has 100 valence electrons. The zero-order valence-corrected chi connectivity index (χ0v) is 11.0. The predicted molar refractivity (Wildman–Crippen MR) is 75.2 cm³/mol. The second-order valence-corrected chi connectivity index (χ2v) is 4.76. The van der Waals surface area contributed by atoms with Crippen LogP contribution in [0.4, 0.5) is 11.6 Å². The van der Waals surface area contributed by atoms with E-state index in [2.05, 4.69) is 26.7 Å². The van der Waals surface area contributed by atoms with E-state index < -0.39 is 0 Å². The molecule has 0 atom stereocenters. The number of fused-ring (bicyclic) bond motifs is 1. The van der Waals surface area contributed by atoms with E-state index in [1.165, 1.54) is 6.20 Å². The summed E-state index contributed by atoms with van der Waals surface area (Å²) in [6.45, 7) is 0. The molecule has 3 rings (SSSR count). The van der Waals surface area contributed by atoms with Crippen LogP contribution in [0.5, 0.6) is 0 Å². The van der Waals surface area contributed by atoms with Crippen molar-refractivity contribution in [1.29, 1.82) is 5.26 Å². The van der Waals surface area contributed by atoms with Crippen LogP contribution < -0.4 is 10.6 Å². The predicted octanol–water partition coefficient (Wildman–Crippen LogP) is 1.89. The molecule has 2 aromatic rings. The van der Waals surface area contributed by atoms with Crippen LogP contribution in [-0.2, 0) is 4.79 Å². The van der Waals surface area contributed by atoms with Crippen molar-refractivity contribution in [1.82, 2.24) is 9.97 Å². The lowest BCUT2D eigenvalue weighted by atomic mass is 10.1. The average Bonchev–Trinajstić information content (AvgIpc) is 3.30. The van der Waals surface area contributed by atoms with Gasteiger partial charge in [-0.25, -0.2) is 9.97 Å². The minimum absolute atomic E-state index is 0.00162. The topological polar surface area (TPSA) is 90.7 Å². The number of anilines is 2. The molecule has 2 heterocycles. The lowest BCUT2D eigenvalue weighted by Crippen LogP contribution is -2.14. The smallest absolute Gasteiger partial charge is 0.228 e. The van der Waals surface area contributed by atoms with Crippen molar-refractivity contribution in [2.75, 3.05) is 17.7 Å². The summed E-state index contributed by atoms with van der Waals surface area (Å²) in [6.07, 6.45) is 5.02. The zero-order valence-electron chi connectivity index (χ0n) is 11.0. The number of amides is 1. The van der Waals surface area contributed by atoms with Gasteiger partial charge in [-0.15, -0.1) is 0 Å². The van der Waals surface area contributed by atoms with Crippen molar-refractivity contribution in [3.8, 4) is 6.07 Å². The number of nitrogens with zero attached hydrogens (tertiary/aromatic N) is 3. The Morgan fingerprint density at radius 2 is 2.15 bits per heavy atom. The molecule has 0 spiro atoms. The van der Waals surface area contributed by atoms with Crippen LogP contribution in [0, 0.1) is 17.2 Å². The summed E-state index contributed by atoms with van der Waals surface area (Å²) in [5.41, 5.74) is 0.461. The fourth-order valence-electron chi connectivity index (χ4n) is 2.07. The average molecular weight is 267 g/mol. The summed E-state index contributed by atoms with van der Waals surface area (Å²) < 4.78 is 0. The van der Waals surface area contributed by atoms with Crippen molar-refractivity contribution in [3.05, 3.63) is 24.0 Å². The molecule has 2 N–H and O–H groups in total. The van der Waals surface area contributed by atoms with E-state index in [9.17, 15) is 4.79 Å². The van der Waals surface area contributed by atoms with E-state index in [0.29, 0.717) is 17.2 Å². The van der Waals surface area contributed by atoms with Crippen LogP contribution in [0.1, 0.15) is 18.4 Å². The zero-order chi connectivity index (χ0) is 14.1. The van der Waals surface area contributed by atoms with Gasteiger partial charge in [0.25, 0.3) is 0 Å². The van der Waals surface area contributed by atoms with Crippen molar-refractivity contribution in [2.45, 2.75) is 12.8 Å². The molecule has 20 heavy (non-hydrogen) atoms. The first-order valence-electron chi connectivity index (χ1n) is 6.40. The molecule has 0 aliphatic heterocycles. The van der Waals surface area contributed by atoms with Crippen LogP contribution in [0.3, 0.4) is 0 Å². The molecule has 2 aromatic heterocycles. The monoisotopic (exact) mass is 267 g/mol. The van der Waals surface area contributed by atoms with Crippen LogP contribution in [0.15, 0.2) is 18.5 Å². The van der Waals surface area contributed by atoms with Gasteiger partial charge in [0.2, 0.25) is 5.91 Å². The number of rotatable bonds is 3. The minimum atomic E-state index is -0.00162. The molecule has 1 fully saturated rings. The third kappa shape index (κ3) is 2.14. The molecule has 0 saturated heterocycles. The van der Waals surface area contributed by atoms with E-state index >= 15 is 0 Å². The number of aromatic nitrogens is 2. The van der Waals surface area contributed by atoms with Gasteiger partial charge in [-0.05, 0) is 18.9 Å². The molecule has 0 radical (unpaired) electrons. The number of hydrogen-bond donors (Lipinski definition) is 2. The van der Waals surface area contributed by atoms with Gasteiger partial charge in [-0.3, -0.25) is 4.79 Å². The maximum absolute atomic E-state index is 11.7. The van der Waals surface area contributed by atoms with Crippen LogP contribution in [0.2, 0.25) is 0 Å². The molecule has 1 saturated carbocycles. The Morgan fingerprint density at radius 3 is 2.80 bits per heavy atom. The first kappa shape index (κ1) is 12.4. The van der Waals surface area contributed by atoms with Gasteiger partial charge in [0.1, 0.15) is 17.7 Å². The van der Waals surface area contributed by atoms with E-state index in [0.717, 1.165) is 23.6 Å². The molecular formula is C14H13N5O. The van der Waals surface area contributed by atoms with Gasteiger partial charge < -0.3 is 10.6 Å². The van der Waals surface area contributed by atoms with E-state index in [-0.39, 0.29) is 11.8 Å². The number of carbonyl (C=O) groups is 1. The highest BCUT2D eigenvalue weighted by Crippen LogP contribution is 2.31. The number of pyridine rings is 2. The third-order valence-electron chi connectivity index (χ3n) is 3.33. The van der Waals surface area contributed by atoms with Gasteiger partial charge in [-0.2, -0.15) is 5.26 Å². The maximum atomic E-state index is 11.7. The first-order valence-corrected chi connectivity index (χ1v) is 6.40. The van der Waals surface area contributed by atoms with E-state index in [1.807, 2.05) is 0 Å². The van der Waals surface area contributed by atoms with Gasteiger partial charge in [0.15, 0.2) is 0 Å². The van der Waals surface area contributed by atoms with Gasteiger partial charge in [0, 0.05) is 36.1 Å². The molecule has 0 aromatic carbocycles. The standard InChI is InChI=1S/C14H13N5O/c1-16-13-11-7-17-12(19-14(20)8-2-3-8)4-10(11)9(5-15)6-18-13/h4,6-8H,2-3H2,1H3,(H,16,18)(H,17,19,20). The molecule has 6 nitrogen and oxygen atoms in total. The largest absolute Gasteiger partial charge is 0.373 e. The Balaban J connectivity index is 2.04. The second kappa shape index (κ2) is 4.78. The third-order valence-corrected chi connectivity index (χ3v) is 3.33. The number of nitriles is 1. The quantitative estimate of drug-likeness (QED) is 0.886. The summed E-state index contributed by atoms with van der Waals surface area (Å²) in [4.78, 5) is 20.1. The Labute approximate surface area is 115 Å². The summed E-state index contributed by atoms with van der Waals surface area (Å²) in [5, 5.41) is 16.4. The summed E-state index contributed by atoms with van der Waals surface area (Å²) in [5.74, 6) is 1.25. The highest BCUT2D eigenvalue weighted by atomic mass is 16.2. The van der Waals surface area contributed by atoms with Crippen molar-refractivity contribution in [2.24, 2.45) is 5.92 Å². The summed E-state index contributed by atoms with van der Waals surface area (Å²) in [6, 6.07) is 3.83.